The largest absolute Gasteiger partial charge is 0.481 e. The third-order valence-electron chi connectivity index (χ3n) is 13.3. The van der Waals surface area contributed by atoms with Gasteiger partial charge in [0, 0.05) is 0 Å². The van der Waals surface area contributed by atoms with E-state index in [2.05, 4.69) is 27.7 Å². The van der Waals surface area contributed by atoms with Gasteiger partial charge in [-0.15, -0.1) is 0 Å². The van der Waals surface area contributed by atoms with Crippen LogP contribution in [0, 0.1) is 56.2 Å². The quantitative estimate of drug-likeness (QED) is 0.414. The van der Waals surface area contributed by atoms with Gasteiger partial charge in [0.25, 0.3) is 0 Å². The fraction of sp³-hybridized carbons (Fsp3) is 0.933. The molecule has 4 unspecified atom stereocenters. The summed E-state index contributed by atoms with van der Waals surface area (Å²) in [7, 11) is 0. The highest BCUT2D eigenvalue weighted by Crippen LogP contribution is 2.81. The summed E-state index contributed by atoms with van der Waals surface area (Å²) in [6, 6.07) is 0. The monoisotopic (exact) mass is 470 g/mol. The van der Waals surface area contributed by atoms with Crippen molar-refractivity contribution in [2.24, 2.45) is 56.2 Å². The van der Waals surface area contributed by atoms with E-state index in [1.165, 1.54) is 77.0 Å². The molecular formula is C30H46O4. The standard InChI is InChI=1S/C30H46O4/c1-25(2,15-23(31)32)27-7-19-5-20(8-27)12-29(11-19,17-27)30-13-21-6-22(14-30)10-28(9-21,18-30)26(3,4)16-24(33)34/h19-22H,5-18H2,1-4H3,(H,31,32)(H,33,34). The molecule has 0 aromatic heterocycles. The average molecular weight is 471 g/mol. The highest BCUT2D eigenvalue weighted by Gasteiger charge is 2.72. The van der Waals surface area contributed by atoms with E-state index in [0.717, 1.165) is 23.7 Å². The lowest BCUT2D eigenvalue weighted by molar-refractivity contribution is -0.268. The van der Waals surface area contributed by atoms with Crippen molar-refractivity contribution in [3.63, 3.8) is 0 Å². The van der Waals surface area contributed by atoms with Crippen LogP contribution in [0.1, 0.15) is 118 Å². The van der Waals surface area contributed by atoms with E-state index in [-0.39, 0.29) is 34.5 Å². The Kier molecular flexibility index (Phi) is 4.69. The lowest BCUT2D eigenvalue weighted by Crippen LogP contribution is -2.67. The van der Waals surface area contributed by atoms with Crippen LogP contribution in [0.5, 0.6) is 0 Å². The molecule has 0 saturated heterocycles. The van der Waals surface area contributed by atoms with Crippen LogP contribution in [0.15, 0.2) is 0 Å². The van der Waals surface area contributed by atoms with Gasteiger partial charge in [-0.2, -0.15) is 0 Å². The molecule has 8 aliphatic carbocycles. The van der Waals surface area contributed by atoms with Crippen molar-refractivity contribution in [2.75, 3.05) is 0 Å². The van der Waals surface area contributed by atoms with Gasteiger partial charge in [-0.25, -0.2) is 0 Å². The fourth-order valence-electron chi connectivity index (χ4n) is 12.5. The van der Waals surface area contributed by atoms with Crippen LogP contribution in [-0.4, -0.2) is 22.2 Å². The maximum Gasteiger partial charge on any atom is 0.303 e. The normalized spacial score (nSPS) is 48.9. The molecule has 0 aromatic rings. The second-order valence-electron chi connectivity index (χ2n) is 16.0. The highest BCUT2D eigenvalue weighted by atomic mass is 16.4. The Morgan fingerprint density at radius 1 is 0.618 bits per heavy atom. The van der Waals surface area contributed by atoms with Gasteiger partial charge in [0.15, 0.2) is 0 Å². The number of carbonyl (C=O) groups is 2. The molecule has 8 bridgehead atoms. The predicted octanol–water partition coefficient (Wildman–Crippen LogP) is 7.16. The van der Waals surface area contributed by atoms with Gasteiger partial charge in [0.1, 0.15) is 0 Å². The lowest BCUT2D eigenvalue weighted by atomic mass is 9.28. The van der Waals surface area contributed by atoms with Crippen LogP contribution in [0.3, 0.4) is 0 Å². The minimum Gasteiger partial charge on any atom is -0.481 e. The summed E-state index contributed by atoms with van der Waals surface area (Å²) in [6.07, 6.45) is 16.2. The van der Waals surface area contributed by atoms with E-state index >= 15 is 0 Å². The highest BCUT2D eigenvalue weighted by molar-refractivity contribution is 5.68. The summed E-state index contributed by atoms with van der Waals surface area (Å²) in [5.74, 6) is 1.80. The molecule has 2 N–H and O–H groups in total. The molecule has 8 fully saturated rings. The van der Waals surface area contributed by atoms with Crippen LogP contribution in [0.2, 0.25) is 0 Å². The molecule has 34 heavy (non-hydrogen) atoms. The summed E-state index contributed by atoms with van der Waals surface area (Å²) >= 11 is 0. The third kappa shape index (κ3) is 3.01. The van der Waals surface area contributed by atoms with Crippen molar-refractivity contribution in [3.8, 4) is 0 Å². The van der Waals surface area contributed by atoms with E-state index in [4.69, 9.17) is 0 Å². The van der Waals surface area contributed by atoms with Crippen molar-refractivity contribution in [1.82, 2.24) is 0 Å². The van der Waals surface area contributed by atoms with Crippen LogP contribution in [-0.2, 0) is 9.59 Å². The Morgan fingerprint density at radius 2 is 0.912 bits per heavy atom. The zero-order valence-corrected chi connectivity index (χ0v) is 21.9. The molecule has 4 heteroatoms. The third-order valence-corrected chi connectivity index (χ3v) is 13.3. The topological polar surface area (TPSA) is 74.6 Å². The van der Waals surface area contributed by atoms with Crippen LogP contribution < -0.4 is 0 Å². The molecule has 4 atom stereocenters. The molecule has 0 aliphatic heterocycles. The smallest absolute Gasteiger partial charge is 0.303 e. The van der Waals surface area contributed by atoms with Gasteiger partial charge in [-0.3, -0.25) is 9.59 Å². The molecule has 4 nitrogen and oxygen atoms in total. The van der Waals surface area contributed by atoms with Crippen molar-refractivity contribution >= 4 is 11.9 Å². The summed E-state index contributed by atoms with van der Waals surface area (Å²) in [5, 5.41) is 19.6. The first-order valence-corrected chi connectivity index (χ1v) is 14.2. The second kappa shape index (κ2) is 6.82. The summed E-state index contributed by atoms with van der Waals surface area (Å²) in [4.78, 5) is 23.8. The number of carboxylic acid groups (broad SMARTS) is 2. The van der Waals surface area contributed by atoms with Gasteiger partial charge in [0.2, 0.25) is 0 Å². The second-order valence-corrected chi connectivity index (χ2v) is 16.0. The van der Waals surface area contributed by atoms with E-state index in [1.807, 2.05) is 0 Å². The Bertz CT molecular complexity index is 811. The zero-order valence-electron chi connectivity index (χ0n) is 21.9. The van der Waals surface area contributed by atoms with Gasteiger partial charge in [0.05, 0.1) is 12.8 Å². The van der Waals surface area contributed by atoms with Crippen molar-refractivity contribution in [3.05, 3.63) is 0 Å². The first-order valence-electron chi connectivity index (χ1n) is 14.2. The Hall–Kier alpha value is -1.06. The molecule has 0 spiro atoms. The SMILES string of the molecule is CC(C)(CC(=O)O)C12CC3CC(C1)CC(C14CC5CC(CC(C(C)(C)CC(=O)O)(C5)C1)C4)(C3)C2. The van der Waals surface area contributed by atoms with Gasteiger partial charge >= 0.3 is 11.9 Å². The van der Waals surface area contributed by atoms with E-state index in [0.29, 0.717) is 10.8 Å². The van der Waals surface area contributed by atoms with E-state index in [9.17, 15) is 19.8 Å². The van der Waals surface area contributed by atoms with E-state index < -0.39 is 11.9 Å². The van der Waals surface area contributed by atoms with Gasteiger partial charge < -0.3 is 10.2 Å². The minimum absolute atomic E-state index is 0.162. The summed E-state index contributed by atoms with van der Waals surface area (Å²) in [6.45, 7) is 9.05. The van der Waals surface area contributed by atoms with Crippen LogP contribution in [0.4, 0.5) is 0 Å². The first-order chi connectivity index (χ1) is 15.7. The fourth-order valence-corrected chi connectivity index (χ4v) is 12.5. The number of carboxylic acids is 2. The van der Waals surface area contributed by atoms with Crippen molar-refractivity contribution in [1.29, 1.82) is 0 Å². The summed E-state index contributed by atoms with van der Waals surface area (Å²) in [5.41, 5.74) is 0.726. The molecule has 8 aliphatic rings. The van der Waals surface area contributed by atoms with Crippen LogP contribution in [0.25, 0.3) is 0 Å². The molecule has 0 radical (unpaired) electrons. The Morgan fingerprint density at radius 3 is 1.18 bits per heavy atom. The maximum absolute atomic E-state index is 11.9. The average Bonchev–Trinajstić information content (AvgIpc) is 2.63. The van der Waals surface area contributed by atoms with Gasteiger partial charge in [-0.05, 0) is 133 Å². The minimum atomic E-state index is -0.640. The molecule has 190 valence electrons. The van der Waals surface area contributed by atoms with Crippen molar-refractivity contribution in [2.45, 2.75) is 118 Å². The molecular weight excluding hydrogens is 424 g/mol. The summed E-state index contributed by atoms with van der Waals surface area (Å²) < 4.78 is 0. The van der Waals surface area contributed by atoms with E-state index in [1.54, 1.807) is 0 Å². The maximum atomic E-state index is 11.9. The van der Waals surface area contributed by atoms with Crippen molar-refractivity contribution < 1.29 is 19.8 Å². The molecule has 0 heterocycles. The Balaban J connectivity index is 1.41. The number of hydrogen-bond acceptors (Lipinski definition) is 2. The number of hydrogen-bond donors (Lipinski definition) is 2. The lowest BCUT2D eigenvalue weighted by Gasteiger charge is -2.76. The van der Waals surface area contributed by atoms with Crippen LogP contribution >= 0.6 is 0 Å². The van der Waals surface area contributed by atoms with Gasteiger partial charge in [-0.1, -0.05) is 27.7 Å². The first kappa shape index (κ1) is 23.3. The molecule has 0 aromatic carbocycles. The molecule has 8 rings (SSSR count). The predicted molar refractivity (Wildman–Crippen MR) is 131 cm³/mol. The Labute approximate surface area is 205 Å². The number of aliphatic carboxylic acids is 2. The molecule has 0 amide bonds. The zero-order chi connectivity index (χ0) is 24.4. The molecule has 8 saturated carbocycles. The number of rotatable bonds is 7.